The predicted octanol–water partition coefficient (Wildman–Crippen LogP) is 1.40. The lowest BCUT2D eigenvalue weighted by Gasteiger charge is -2.34. The highest BCUT2D eigenvalue weighted by Gasteiger charge is 2.30. The fourth-order valence-electron chi connectivity index (χ4n) is 2.74. The first-order valence-electron chi connectivity index (χ1n) is 7.83. The number of amides is 1. The van der Waals surface area contributed by atoms with Crippen molar-refractivity contribution in [3.63, 3.8) is 0 Å². The molecule has 1 aromatic rings. The van der Waals surface area contributed by atoms with E-state index in [1.54, 1.807) is 0 Å². The second-order valence-electron chi connectivity index (χ2n) is 6.27. The molecule has 1 aliphatic heterocycles. The summed E-state index contributed by atoms with van der Waals surface area (Å²) in [4.78, 5) is 20.6. The summed E-state index contributed by atoms with van der Waals surface area (Å²) >= 11 is 0. The average molecular weight is 307 g/mol. The van der Waals surface area contributed by atoms with Crippen LogP contribution >= 0.6 is 0 Å². The quantitative estimate of drug-likeness (QED) is 0.825. The normalized spacial score (nSPS) is 22.5. The van der Waals surface area contributed by atoms with E-state index in [0.717, 1.165) is 25.8 Å². The Hall–Kier alpha value is -1.53. The van der Waals surface area contributed by atoms with Crippen molar-refractivity contribution >= 4 is 5.91 Å². The molecule has 2 aliphatic rings. The van der Waals surface area contributed by atoms with Crippen LogP contribution in [0.2, 0.25) is 0 Å². The maximum Gasteiger partial charge on any atom is 0.272 e. The molecule has 2 fully saturated rings. The molecule has 0 N–H and O–H groups in total. The third-order valence-corrected chi connectivity index (χ3v) is 4.18. The molecule has 1 aliphatic carbocycles. The van der Waals surface area contributed by atoms with Gasteiger partial charge < -0.3 is 14.5 Å². The van der Waals surface area contributed by atoms with Gasteiger partial charge >= 0.3 is 0 Å². The number of morpholine rings is 1. The Morgan fingerprint density at radius 1 is 1.45 bits per heavy atom. The van der Waals surface area contributed by atoms with E-state index in [1.165, 1.54) is 25.0 Å². The minimum Gasteiger partial charge on any atom is -0.374 e. The Bertz CT molecular complexity index is 519. The third kappa shape index (κ3) is 4.01. The van der Waals surface area contributed by atoms with Crippen molar-refractivity contribution in [1.82, 2.24) is 14.8 Å². The van der Waals surface area contributed by atoms with Crippen LogP contribution in [-0.4, -0.2) is 66.6 Å². The molecule has 1 saturated carbocycles. The van der Waals surface area contributed by atoms with Crippen molar-refractivity contribution in [3.05, 3.63) is 29.8 Å². The number of rotatable bonds is 5. The molecule has 1 amide bonds. The molecule has 0 spiro atoms. The van der Waals surface area contributed by atoms with Gasteiger partial charge in [0, 0.05) is 26.2 Å². The molecule has 1 saturated heterocycles. The monoisotopic (exact) mass is 307 g/mol. The molecule has 0 bridgehead atoms. The molecule has 1 unspecified atom stereocenters. The zero-order valence-corrected chi connectivity index (χ0v) is 12.9. The standard InChI is InChI=1S/C16H22FN3O2/c1-19-6-7-22-14(10-19)11-20(9-12-2-3-12)16(21)15-5-4-13(17)8-18-15/h4-5,8,12,14H,2-3,6-7,9-11H2,1H3. The van der Waals surface area contributed by atoms with E-state index in [1.807, 2.05) is 4.90 Å². The van der Waals surface area contributed by atoms with Gasteiger partial charge in [-0.15, -0.1) is 0 Å². The Morgan fingerprint density at radius 2 is 2.27 bits per heavy atom. The maximum absolute atomic E-state index is 13.0. The van der Waals surface area contributed by atoms with Crippen LogP contribution in [0.3, 0.4) is 0 Å². The second kappa shape index (κ2) is 6.71. The first-order chi connectivity index (χ1) is 10.6. The van der Waals surface area contributed by atoms with Crippen LogP contribution in [0.4, 0.5) is 4.39 Å². The van der Waals surface area contributed by atoms with Gasteiger partial charge in [-0.2, -0.15) is 0 Å². The second-order valence-corrected chi connectivity index (χ2v) is 6.27. The Kier molecular flexibility index (Phi) is 4.69. The zero-order chi connectivity index (χ0) is 15.5. The van der Waals surface area contributed by atoms with Gasteiger partial charge in [0.1, 0.15) is 11.5 Å². The molecular weight excluding hydrogens is 285 g/mol. The van der Waals surface area contributed by atoms with Crippen LogP contribution in [0.15, 0.2) is 18.3 Å². The van der Waals surface area contributed by atoms with Crippen LogP contribution in [0.5, 0.6) is 0 Å². The van der Waals surface area contributed by atoms with Gasteiger partial charge in [-0.05, 0) is 37.9 Å². The van der Waals surface area contributed by atoms with E-state index >= 15 is 0 Å². The van der Waals surface area contributed by atoms with Gasteiger partial charge in [-0.3, -0.25) is 4.79 Å². The lowest BCUT2D eigenvalue weighted by molar-refractivity contribution is -0.0332. The van der Waals surface area contributed by atoms with Gasteiger partial charge in [0.05, 0.1) is 18.9 Å². The summed E-state index contributed by atoms with van der Waals surface area (Å²) in [5.41, 5.74) is 0.297. The highest BCUT2D eigenvalue weighted by molar-refractivity contribution is 5.92. The molecular formula is C16H22FN3O2. The Labute approximate surface area is 130 Å². The number of carbonyl (C=O) groups is 1. The van der Waals surface area contributed by atoms with Crippen molar-refractivity contribution in [1.29, 1.82) is 0 Å². The maximum atomic E-state index is 13.0. The summed E-state index contributed by atoms with van der Waals surface area (Å²) in [5.74, 6) is 0.0250. The molecule has 1 atom stereocenters. The zero-order valence-electron chi connectivity index (χ0n) is 12.9. The van der Waals surface area contributed by atoms with Crippen LogP contribution < -0.4 is 0 Å². The summed E-state index contributed by atoms with van der Waals surface area (Å²) < 4.78 is 18.7. The molecule has 3 rings (SSSR count). The van der Waals surface area contributed by atoms with Gasteiger partial charge in [-0.1, -0.05) is 0 Å². The first-order valence-corrected chi connectivity index (χ1v) is 7.83. The van der Waals surface area contributed by atoms with E-state index in [-0.39, 0.29) is 12.0 Å². The van der Waals surface area contributed by atoms with Crippen molar-refractivity contribution in [2.45, 2.75) is 18.9 Å². The number of aromatic nitrogens is 1. The van der Waals surface area contributed by atoms with Gasteiger partial charge in [-0.25, -0.2) is 9.37 Å². The van der Waals surface area contributed by atoms with Crippen LogP contribution in [-0.2, 0) is 4.74 Å². The number of pyridine rings is 1. The third-order valence-electron chi connectivity index (χ3n) is 4.18. The summed E-state index contributed by atoms with van der Waals surface area (Å²) in [6.45, 7) is 3.75. The van der Waals surface area contributed by atoms with Crippen molar-refractivity contribution in [2.24, 2.45) is 5.92 Å². The van der Waals surface area contributed by atoms with E-state index < -0.39 is 5.82 Å². The highest BCUT2D eigenvalue weighted by Crippen LogP contribution is 2.30. The number of hydrogen-bond donors (Lipinski definition) is 0. The summed E-state index contributed by atoms with van der Waals surface area (Å²) in [5, 5.41) is 0. The van der Waals surface area contributed by atoms with Gasteiger partial charge in [0.15, 0.2) is 0 Å². The number of carbonyl (C=O) groups excluding carboxylic acids is 1. The van der Waals surface area contributed by atoms with E-state index in [4.69, 9.17) is 4.74 Å². The summed E-state index contributed by atoms with van der Waals surface area (Å²) in [6.07, 6.45) is 3.47. The lowest BCUT2D eigenvalue weighted by atomic mass is 10.2. The largest absolute Gasteiger partial charge is 0.374 e. The van der Waals surface area contributed by atoms with E-state index in [2.05, 4.69) is 16.9 Å². The lowest BCUT2D eigenvalue weighted by Crippen LogP contribution is -2.48. The Morgan fingerprint density at radius 3 is 2.91 bits per heavy atom. The van der Waals surface area contributed by atoms with Gasteiger partial charge in [0.25, 0.3) is 5.91 Å². The smallest absolute Gasteiger partial charge is 0.272 e. The van der Waals surface area contributed by atoms with Crippen LogP contribution in [0.25, 0.3) is 0 Å². The molecule has 1 aromatic heterocycles. The summed E-state index contributed by atoms with van der Waals surface area (Å²) in [6, 6.07) is 2.73. The molecule has 6 heteroatoms. The molecule has 120 valence electrons. The minimum atomic E-state index is -0.428. The number of hydrogen-bond acceptors (Lipinski definition) is 4. The van der Waals surface area contributed by atoms with Crippen molar-refractivity contribution < 1.29 is 13.9 Å². The minimum absolute atomic E-state index is 0.0295. The predicted molar refractivity (Wildman–Crippen MR) is 80.1 cm³/mol. The van der Waals surface area contributed by atoms with E-state index in [0.29, 0.717) is 24.8 Å². The molecule has 22 heavy (non-hydrogen) atoms. The highest BCUT2D eigenvalue weighted by atomic mass is 19.1. The molecule has 5 nitrogen and oxygen atoms in total. The average Bonchev–Trinajstić information content (AvgIpc) is 3.31. The topological polar surface area (TPSA) is 45.7 Å². The van der Waals surface area contributed by atoms with E-state index in [9.17, 15) is 9.18 Å². The Balaban J connectivity index is 1.68. The number of nitrogens with zero attached hydrogens (tertiary/aromatic N) is 3. The summed E-state index contributed by atoms with van der Waals surface area (Å²) in [7, 11) is 2.06. The number of halogens is 1. The first kappa shape index (κ1) is 15.4. The fraction of sp³-hybridized carbons (Fsp3) is 0.625. The number of likely N-dealkylation sites (N-methyl/N-ethyl adjacent to an activating group) is 1. The van der Waals surface area contributed by atoms with Crippen molar-refractivity contribution in [3.8, 4) is 0 Å². The molecule has 0 aromatic carbocycles. The van der Waals surface area contributed by atoms with Crippen LogP contribution in [0.1, 0.15) is 23.3 Å². The molecule has 0 radical (unpaired) electrons. The van der Waals surface area contributed by atoms with Gasteiger partial charge in [0.2, 0.25) is 0 Å². The SMILES string of the molecule is CN1CCOC(CN(CC2CC2)C(=O)c2ccc(F)cn2)C1. The number of ether oxygens (including phenoxy) is 1. The molecule has 2 heterocycles. The van der Waals surface area contributed by atoms with Crippen LogP contribution in [0, 0.1) is 11.7 Å². The fourth-order valence-corrected chi connectivity index (χ4v) is 2.74. The van der Waals surface area contributed by atoms with Crippen molar-refractivity contribution in [2.75, 3.05) is 39.8 Å².